The molecule has 0 amide bonds. The van der Waals surface area contributed by atoms with Gasteiger partial charge in [-0.05, 0) is 30.3 Å². The molecule has 1 aliphatic heterocycles. The first-order valence-corrected chi connectivity index (χ1v) is 7.92. The fourth-order valence-electron chi connectivity index (χ4n) is 2.69. The molecule has 5 nitrogen and oxygen atoms in total. The summed E-state index contributed by atoms with van der Waals surface area (Å²) in [6, 6.07) is 10.5. The molecule has 24 heavy (non-hydrogen) atoms. The molecule has 1 N–H and O–H groups in total. The average Bonchev–Trinajstić information content (AvgIpc) is 3.13. The van der Waals surface area contributed by atoms with E-state index in [4.69, 9.17) is 16.3 Å². The molecule has 0 spiro atoms. The Morgan fingerprint density at radius 2 is 2.12 bits per heavy atom. The molecule has 1 fully saturated rings. The maximum absolute atomic E-state index is 14.1. The minimum atomic E-state index is -0.606. The zero-order chi connectivity index (χ0) is 16.5. The molecule has 0 bridgehead atoms. The lowest BCUT2D eigenvalue weighted by Crippen LogP contribution is -2.20. The van der Waals surface area contributed by atoms with Gasteiger partial charge >= 0.3 is 0 Å². The molecular weight excluding hydrogens is 331 g/mol. The van der Waals surface area contributed by atoms with Crippen LogP contribution in [0.2, 0.25) is 5.02 Å². The normalized spacial score (nSPS) is 14.3. The summed E-state index contributed by atoms with van der Waals surface area (Å²) >= 11 is 5.81. The standard InChI is InChI=1S/C17H14ClFN4O/c18-13-2-1-3-15(16(13)19)24-17-12-8-11(23-7-6-20-10-23)4-5-14(12)21-9-22-17/h1-5,8-9,20H,6-7,10H2. The summed E-state index contributed by atoms with van der Waals surface area (Å²) in [5, 5.41) is 4.02. The fourth-order valence-corrected chi connectivity index (χ4v) is 2.86. The molecule has 0 aliphatic carbocycles. The summed E-state index contributed by atoms with van der Waals surface area (Å²) in [6.07, 6.45) is 1.40. The van der Waals surface area contributed by atoms with Crippen molar-refractivity contribution in [2.24, 2.45) is 0 Å². The Morgan fingerprint density at radius 3 is 2.96 bits per heavy atom. The van der Waals surface area contributed by atoms with Crippen LogP contribution in [0.15, 0.2) is 42.7 Å². The van der Waals surface area contributed by atoms with Crippen LogP contribution in [0.3, 0.4) is 0 Å². The topological polar surface area (TPSA) is 50.3 Å². The van der Waals surface area contributed by atoms with Gasteiger partial charge in [-0.3, -0.25) is 5.32 Å². The Balaban J connectivity index is 1.76. The molecule has 3 aromatic rings. The summed E-state index contributed by atoms with van der Waals surface area (Å²) in [5.41, 5.74) is 1.78. The lowest BCUT2D eigenvalue weighted by molar-refractivity contribution is 0.432. The smallest absolute Gasteiger partial charge is 0.230 e. The Labute approximate surface area is 143 Å². The van der Waals surface area contributed by atoms with Gasteiger partial charge in [-0.25, -0.2) is 14.4 Å². The van der Waals surface area contributed by atoms with Gasteiger partial charge in [0.25, 0.3) is 0 Å². The molecular formula is C17H14ClFN4O. The van der Waals surface area contributed by atoms with E-state index in [0.29, 0.717) is 5.88 Å². The second-order valence-electron chi connectivity index (χ2n) is 5.46. The SMILES string of the molecule is Fc1c(Cl)cccc1Oc1ncnc2ccc(N3CCNC3)cc12. The van der Waals surface area contributed by atoms with E-state index in [1.807, 2.05) is 18.2 Å². The number of halogens is 2. The molecule has 1 aromatic heterocycles. The van der Waals surface area contributed by atoms with Gasteiger partial charge in [0.15, 0.2) is 11.6 Å². The van der Waals surface area contributed by atoms with Gasteiger partial charge in [0.2, 0.25) is 5.88 Å². The predicted octanol–water partition coefficient (Wildman–Crippen LogP) is 3.58. The third-order valence-electron chi connectivity index (χ3n) is 3.93. The number of hydrogen-bond acceptors (Lipinski definition) is 5. The number of nitrogens with zero attached hydrogens (tertiary/aromatic N) is 3. The van der Waals surface area contributed by atoms with Crippen LogP contribution >= 0.6 is 11.6 Å². The van der Waals surface area contributed by atoms with Crippen LogP contribution in [0.1, 0.15) is 0 Å². The molecule has 2 aromatic carbocycles. The molecule has 2 heterocycles. The van der Waals surface area contributed by atoms with Crippen molar-refractivity contribution in [2.45, 2.75) is 0 Å². The molecule has 0 unspecified atom stereocenters. The van der Waals surface area contributed by atoms with Gasteiger partial charge < -0.3 is 9.64 Å². The van der Waals surface area contributed by atoms with Gasteiger partial charge in [0.05, 0.1) is 22.6 Å². The second-order valence-corrected chi connectivity index (χ2v) is 5.86. The summed E-state index contributed by atoms with van der Waals surface area (Å²) < 4.78 is 19.8. The van der Waals surface area contributed by atoms with Gasteiger partial charge in [-0.1, -0.05) is 17.7 Å². The van der Waals surface area contributed by atoms with Crippen molar-refractivity contribution in [3.63, 3.8) is 0 Å². The van der Waals surface area contributed by atoms with Crippen molar-refractivity contribution >= 4 is 28.2 Å². The number of anilines is 1. The highest BCUT2D eigenvalue weighted by Crippen LogP contribution is 2.32. The molecule has 122 valence electrons. The number of fused-ring (bicyclic) bond motifs is 1. The molecule has 1 aliphatic rings. The molecule has 4 rings (SSSR count). The molecule has 0 saturated carbocycles. The van der Waals surface area contributed by atoms with Crippen LogP contribution in [-0.2, 0) is 0 Å². The number of nitrogens with one attached hydrogen (secondary N) is 1. The summed E-state index contributed by atoms with van der Waals surface area (Å²) in [7, 11) is 0. The maximum atomic E-state index is 14.1. The summed E-state index contributed by atoms with van der Waals surface area (Å²) in [6.45, 7) is 2.66. The first-order valence-electron chi connectivity index (χ1n) is 7.55. The highest BCUT2D eigenvalue weighted by Gasteiger charge is 2.15. The van der Waals surface area contributed by atoms with E-state index in [1.165, 1.54) is 18.5 Å². The molecule has 1 saturated heterocycles. The van der Waals surface area contributed by atoms with E-state index in [9.17, 15) is 4.39 Å². The highest BCUT2D eigenvalue weighted by atomic mass is 35.5. The lowest BCUT2D eigenvalue weighted by Gasteiger charge is -2.17. The number of rotatable bonds is 3. The van der Waals surface area contributed by atoms with Crippen molar-refractivity contribution in [1.29, 1.82) is 0 Å². The Hall–Kier alpha value is -2.44. The van der Waals surface area contributed by atoms with Crippen molar-refractivity contribution in [2.75, 3.05) is 24.7 Å². The number of hydrogen-bond donors (Lipinski definition) is 1. The van der Waals surface area contributed by atoms with Gasteiger partial charge in [0, 0.05) is 18.8 Å². The van der Waals surface area contributed by atoms with E-state index in [1.54, 1.807) is 6.07 Å². The monoisotopic (exact) mass is 344 g/mol. The van der Waals surface area contributed by atoms with Crippen LogP contribution in [0.5, 0.6) is 11.6 Å². The predicted molar refractivity (Wildman–Crippen MR) is 91.2 cm³/mol. The van der Waals surface area contributed by atoms with E-state index in [-0.39, 0.29) is 10.8 Å². The third-order valence-corrected chi connectivity index (χ3v) is 4.22. The van der Waals surface area contributed by atoms with Crippen LogP contribution in [0.4, 0.5) is 10.1 Å². The number of benzene rings is 2. The lowest BCUT2D eigenvalue weighted by atomic mass is 10.2. The molecule has 0 atom stereocenters. The first-order chi connectivity index (χ1) is 11.7. The van der Waals surface area contributed by atoms with Gasteiger partial charge in [0.1, 0.15) is 6.33 Å². The van der Waals surface area contributed by atoms with Crippen molar-refractivity contribution in [3.05, 3.63) is 53.6 Å². The van der Waals surface area contributed by atoms with Gasteiger partial charge in [-0.2, -0.15) is 0 Å². The largest absolute Gasteiger partial charge is 0.435 e. The highest BCUT2D eigenvalue weighted by molar-refractivity contribution is 6.30. The van der Waals surface area contributed by atoms with E-state index >= 15 is 0 Å². The maximum Gasteiger partial charge on any atom is 0.230 e. The third kappa shape index (κ3) is 2.74. The zero-order valence-corrected chi connectivity index (χ0v) is 13.4. The average molecular weight is 345 g/mol. The fraction of sp³-hybridized carbons (Fsp3) is 0.176. The number of ether oxygens (including phenoxy) is 1. The van der Waals surface area contributed by atoms with E-state index < -0.39 is 5.82 Å². The van der Waals surface area contributed by atoms with Crippen LogP contribution in [0, 0.1) is 5.82 Å². The van der Waals surface area contributed by atoms with Crippen LogP contribution in [0.25, 0.3) is 10.9 Å². The van der Waals surface area contributed by atoms with E-state index in [0.717, 1.165) is 36.3 Å². The van der Waals surface area contributed by atoms with Crippen molar-refractivity contribution in [3.8, 4) is 11.6 Å². The zero-order valence-electron chi connectivity index (χ0n) is 12.7. The molecule has 0 radical (unpaired) electrons. The second kappa shape index (κ2) is 6.22. The van der Waals surface area contributed by atoms with Crippen LogP contribution in [-0.4, -0.2) is 29.7 Å². The van der Waals surface area contributed by atoms with Gasteiger partial charge in [-0.15, -0.1) is 0 Å². The van der Waals surface area contributed by atoms with Crippen molar-refractivity contribution in [1.82, 2.24) is 15.3 Å². The first kappa shape index (κ1) is 15.1. The minimum absolute atomic E-state index is 0.00897. The number of aromatic nitrogens is 2. The summed E-state index contributed by atoms with van der Waals surface area (Å²) in [4.78, 5) is 10.6. The molecule has 7 heteroatoms. The van der Waals surface area contributed by atoms with Crippen molar-refractivity contribution < 1.29 is 9.13 Å². The summed E-state index contributed by atoms with van der Waals surface area (Å²) in [5.74, 6) is -0.267. The Kier molecular flexibility index (Phi) is 3.92. The van der Waals surface area contributed by atoms with Crippen LogP contribution < -0.4 is 15.0 Å². The Bertz CT molecular complexity index is 899. The quantitative estimate of drug-likeness (QED) is 0.787. The minimum Gasteiger partial charge on any atom is -0.435 e. The van der Waals surface area contributed by atoms with E-state index in [2.05, 4.69) is 20.2 Å². The Morgan fingerprint density at radius 1 is 1.21 bits per heavy atom.